The van der Waals surface area contributed by atoms with Crippen LogP contribution < -0.4 is 9.62 Å². The van der Waals surface area contributed by atoms with Crippen LogP contribution in [0.4, 0.5) is 11.4 Å². The molecule has 0 unspecified atom stereocenters. The Labute approximate surface area is 161 Å². The Morgan fingerprint density at radius 3 is 2.52 bits per heavy atom. The van der Waals surface area contributed by atoms with Gasteiger partial charge < -0.3 is 5.32 Å². The lowest BCUT2D eigenvalue weighted by molar-refractivity contribution is -0.116. The molecule has 1 amide bonds. The second-order valence-corrected chi connectivity index (χ2v) is 9.14. The molecule has 1 heterocycles. The number of anilines is 2. The summed E-state index contributed by atoms with van der Waals surface area (Å²) >= 11 is 0. The smallest absolute Gasteiger partial charge is 0.235 e. The van der Waals surface area contributed by atoms with Gasteiger partial charge in [-0.25, -0.2) is 8.42 Å². The fourth-order valence-corrected chi connectivity index (χ4v) is 4.94. The van der Waals surface area contributed by atoms with E-state index in [9.17, 15) is 13.2 Å². The Morgan fingerprint density at radius 2 is 1.81 bits per heavy atom. The summed E-state index contributed by atoms with van der Waals surface area (Å²) in [5.74, 6) is 0.103. The van der Waals surface area contributed by atoms with E-state index in [1.54, 1.807) is 6.07 Å². The SMILES string of the molecule is Cc1ccc(CCC(=O)Nc2ccc(C)c(N3CCCCS3(=O)=O)c2)cc1. The average Bonchev–Trinajstić information content (AvgIpc) is 2.63. The average molecular weight is 387 g/mol. The molecule has 0 spiro atoms. The summed E-state index contributed by atoms with van der Waals surface area (Å²) in [5.41, 5.74) is 4.50. The Balaban J connectivity index is 1.68. The zero-order valence-corrected chi connectivity index (χ0v) is 16.7. The molecular weight excluding hydrogens is 360 g/mol. The van der Waals surface area contributed by atoms with Crippen LogP contribution in [0, 0.1) is 13.8 Å². The monoisotopic (exact) mass is 386 g/mol. The normalized spacial score (nSPS) is 16.1. The van der Waals surface area contributed by atoms with Crippen molar-refractivity contribution in [3.05, 3.63) is 59.2 Å². The minimum absolute atomic E-state index is 0.0770. The van der Waals surface area contributed by atoms with Crippen molar-refractivity contribution in [2.45, 2.75) is 39.5 Å². The van der Waals surface area contributed by atoms with Gasteiger partial charge in [0.1, 0.15) is 0 Å². The molecule has 0 aliphatic carbocycles. The van der Waals surface area contributed by atoms with E-state index in [0.717, 1.165) is 17.5 Å². The van der Waals surface area contributed by atoms with Crippen molar-refractivity contribution in [1.82, 2.24) is 0 Å². The number of carbonyl (C=O) groups is 1. The van der Waals surface area contributed by atoms with Crippen molar-refractivity contribution in [1.29, 1.82) is 0 Å². The Morgan fingerprint density at radius 1 is 1.07 bits per heavy atom. The summed E-state index contributed by atoms with van der Waals surface area (Å²) in [5, 5.41) is 2.90. The van der Waals surface area contributed by atoms with Crippen LogP contribution in [0.15, 0.2) is 42.5 Å². The van der Waals surface area contributed by atoms with Gasteiger partial charge in [-0.1, -0.05) is 35.9 Å². The second-order valence-electron chi connectivity index (χ2n) is 7.13. The molecule has 0 aromatic heterocycles. The topological polar surface area (TPSA) is 66.5 Å². The minimum Gasteiger partial charge on any atom is -0.326 e. The van der Waals surface area contributed by atoms with Gasteiger partial charge in [-0.3, -0.25) is 9.10 Å². The van der Waals surface area contributed by atoms with E-state index in [2.05, 4.69) is 5.32 Å². The first-order valence-corrected chi connectivity index (χ1v) is 10.9. The fourth-order valence-electron chi connectivity index (χ4n) is 3.25. The zero-order chi connectivity index (χ0) is 19.4. The van der Waals surface area contributed by atoms with Crippen molar-refractivity contribution < 1.29 is 13.2 Å². The van der Waals surface area contributed by atoms with Gasteiger partial charge in [0.25, 0.3) is 0 Å². The van der Waals surface area contributed by atoms with Crippen LogP contribution in [-0.2, 0) is 21.2 Å². The summed E-state index contributed by atoms with van der Waals surface area (Å²) in [7, 11) is -3.27. The first-order chi connectivity index (χ1) is 12.8. The molecule has 6 heteroatoms. The first-order valence-electron chi connectivity index (χ1n) is 9.32. The molecule has 144 valence electrons. The molecule has 1 fully saturated rings. The van der Waals surface area contributed by atoms with E-state index in [4.69, 9.17) is 0 Å². The Hall–Kier alpha value is -2.34. The highest BCUT2D eigenvalue weighted by atomic mass is 32.2. The van der Waals surface area contributed by atoms with Gasteiger partial charge in [0.2, 0.25) is 15.9 Å². The van der Waals surface area contributed by atoms with Crippen LogP contribution in [0.1, 0.15) is 36.0 Å². The molecular formula is C21H26N2O3S. The molecule has 5 nitrogen and oxygen atoms in total. The molecule has 1 N–H and O–H groups in total. The van der Waals surface area contributed by atoms with Gasteiger partial charge in [-0.15, -0.1) is 0 Å². The molecule has 0 atom stereocenters. The minimum atomic E-state index is -3.27. The molecule has 1 saturated heterocycles. The summed E-state index contributed by atoms with van der Waals surface area (Å²) in [6.45, 7) is 4.42. The van der Waals surface area contributed by atoms with Crippen LogP contribution in [0.2, 0.25) is 0 Å². The van der Waals surface area contributed by atoms with Gasteiger partial charge in [-0.05, 0) is 56.4 Å². The molecule has 2 aromatic rings. The summed E-state index contributed by atoms with van der Waals surface area (Å²) < 4.78 is 26.3. The molecule has 3 rings (SSSR count). The zero-order valence-electron chi connectivity index (χ0n) is 15.9. The summed E-state index contributed by atoms with van der Waals surface area (Å²) in [6.07, 6.45) is 2.61. The molecule has 1 aliphatic rings. The van der Waals surface area contributed by atoms with Gasteiger partial charge in [-0.2, -0.15) is 0 Å². The van der Waals surface area contributed by atoms with Crippen LogP contribution in [0.3, 0.4) is 0 Å². The highest BCUT2D eigenvalue weighted by molar-refractivity contribution is 7.92. The van der Waals surface area contributed by atoms with Crippen molar-refractivity contribution >= 4 is 27.3 Å². The predicted octanol–water partition coefficient (Wildman–Crippen LogP) is 3.80. The van der Waals surface area contributed by atoms with E-state index in [1.165, 1.54) is 9.87 Å². The van der Waals surface area contributed by atoms with Crippen LogP contribution >= 0.6 is 0 Å². The first kappa shape index (κ1) is 19.4. The van der Waals surface area contributed by atoms with Crippen molar-refractivity contribution in [3.8, 4) is 0 Å². The van der Waals surface area contributed by atoms with E-state index in [1.807, 2.05) is 50.2 Å². The maximum Gasteiger partial charge on any atom is 0.235 e. The highest BCUT2D eigenvalue weighted by Crippen LogP contribution is 2.29. The number of sulfonamides is 1. The van der Waals surface area contributed by atoms with Gasteiger partial charge >= 0.3 is 0 Å². The maximum absolute atomic E-state index is 12.4. The van der Waals surface area contributed by atoms with Crippen LogP contribution in [0.25, 0.3) is 0 Å². The Bertz CT molecular complexity index is 921. The number of amides is 1. The molecule has 1 aliphatic heterocycles. The van der Waals surface area contributed by atoms with Crippen molar-refractivity contribution in [3.63, 3.8) is 0 Å². The Kier molecular flexibility index (Phi) is 5.85. The van der Waals surface area contributed by atoms with Crippen LogP contribution in [-0.4, -0.2) is 26.6 Å². The molecule has 0 bridgehead atoms. The summed E-state index contributed by atoms with van der Waals surface area (Å²) in [6, 6.07) is 13.6. The van der Waals surface area contributed by atoms with E-state index >= 15 is 0 Å². The lowest BCUT2D eigenvalue weighted by atomic mass is 10.1. The number of benzene rings is 2. The lowest BCUT2D eigenvalue weighted by Gasteiger charge is -2.29. The van der Waals surface area contributed by atoms with Crippen LogP contribution in [0.5, 0.6) is 0 Å². The van der Waals surface area contributed by atoms with Crippen molar-refractivity contribution in [2.75, 3.05) is 21.9 Å². The number of nitrogens with zero attached hydrogens (tertiary/aromatic N) is 1. The maximum atomic E-state index is 12.4. The third-order valence-corrected chi connectivity index (χ3v) is 6.73. The number of hydrogen-bond donors (Lipinski definition) is 1. The summed E-state index contributed by atoms with van der Waals surface area (Å²) in [4.78, 5) is 12.3. The van der Waals surface area contributed by atoms with Gasteiger partial charge in [0, 0.05) is 18.7 Å². The fraction of sp³-hybridized carbons (Fsp3) is 0.381. The second kappa shape index (κ2) is 8.13. The molecule has 27 heavy (non-hydrogen) atoms. The van der Waals surface area contributed by atoms with Gasteiger partial charge in [0.15, 0.2) is 0 Å². The molecule has 2 aromatic carbocycles. The molecule has 0 radical (unpaired) electrons. The third kappa shape index (κ3) is 4.89. The largest absolute Gasteiger partial charge is 0.326 e. The molecule has 0 saturated carbocycles. The standard InChI is InChI=1S/C21H26N2O3S/c1-16-5-8-18(9-6-16)10-12-21(24)22-19-11-7-17(2)20(15-19)23-13-3-4-14-27(23,25)26/h5-9,11,15H,3-4,10,12-14H2,1-2H3,(H,22,24). The highest BCUT2D eigenvalue weighted by Gasteiger charge is 2.27. The van der Waals surface area contributed by atoms with Gasteiger partial charge in [0.05, 0.1) is 11.4 Å². The number of hydrogen-bond acceptors (Lipinski definition) is 3. The predicted molar refractivity (Wildman–Crippen MR) is 110 cm³/mol. The number of nitrogens with one attached hydrogen (secondary N) is 1. The number of aryl methyl sites for hydroxylation is 3. The van der Waals surface area contributed by atoms with Crippen molar-refractivity contribution in [2.24, 2.45) is 0 Å². The van der Waals surface area contributed by atoms with E-state index in [0.29, 0.717) is 37.2 Å². The lowest BCUT2D eigenvalue weighted by Crippen LogP contribution is -2.38. The third-order valence-electron chi connectivity index (χ3n) is 4.87. The van der Waals surface area contributed by atoms with E-state index in [-0.39, 0.29) is 11.7 Å². The number of carbonyl (C=O) groups excluding carboxylic acids is 1. The quantitative estimate of drug-likeness (QED) is 0.850. The van der Waals surface area contributed by atoms with E-state index < -0.39 is 10.0 Å². The number of rotatable bonds is 5.